The summed E-state index contributed by atoms with van der Waals surface area (Å²) in [6.45, 7) is 6.08. The molecular formula is C15H19F4NO. The molecule has 1 aromatic carbocycles. The molecule has 0 radical (unpaired) electrons. The van der Waals surface area contributed by atoms with Crippen molar-refractivity contribution in [3.8, 4) is 5.75 Å². The van der Waals surface area contributed by atoms with E-state index in [4.69, 9.17) is 4.74 Å². The number of hydrogen-bond donors (Lipinski definition) is 1. The Morgan fingerprint density at radius 3 is 2.57 bits per heavy atom. The van der Waals surface area contributed by atoms with Crippen LogP contribution in [0.1, 0.15) is 37.9 Å². The summed E-state index contributed by atoms with van der Waals surface area (Å²) in [6.07, 6.45) is -3.72. The van der Waals surface area contributed by atoms with Crippen molar-refractivity contribution in [1.29, 1.82) is 0 Å². The average Bonchev–Trinajstić information content (AvgIpc) is 2.71. The Morgan fingerprint density at radius 2 is 2.00 bits per heavy atom. The first-order valence-electron chi connectivity index (χ1n) is 6.86. The SMILES string of the molecule is CCNC(c1ccc2c(c1)C(C)(C)CO2)C(F)(F)C(F)F. The molecule has 1 aliphatic rings. The van der Waals surface area contributed by atoms with Gasteiger partial charge in [-0.25, -0.2) is 8.78 Å². The van der Waals surface area contributed by atoms with Crippen LogP contribution in [-0.2, 0) is 5.41 Å². The summed E-state index contributed by atoms with van der Waals surface area (Å²) in [5, 5.41) is 2.47. The van der Waals surface area contributed by atoms with E-state index < -0.39 is 18.4 Å². The van der Waals surface area contributed by atoms with E-state index in [1.54, 1.807) is 19.1 Å². The molecular weight excluding hydrogens is 286 g/mol. The van der Waals surface area contributed by atoms with Crippen molar-refractivity contribution < 1.29 is 22.3 Å². The van der Waals surface area contributed by atoms with Gasteiger partial charge in [-0.3, -0.25) is 0 Å². The first-order valence-corrected chi connectivity index (χ1v) is 6.86. The predicted molar refractivity (Wildman–Crippen MR) is 72.3 cm³/mol. The second kappa shape index (κ2) is 5.48. The van der Waals surface area contributed by atoms with E-state index in [9.17, 15) is 17.6 Å². The van der Waals surface area contributed by atoms with Crippen molar-refractivity contribution in [3.05, 3.63) is 29.3 Å². The number of rotatable bonds is 5. The van der Waals surface area contributed by atoms with Gasteiger partial charge in [0.05, 0.1) is 6.61 Å². The average molecular weight is 305 g/mol. The molecule has 1 N–H and O–H groups in total. The number of halogens is 4. The normalized spacial score (nSPS) is 18.5. The van der Waals surface area contributed by atoms with E-state index in [0.717, 1.165) is 5.56 Å². The van der Waals surface area contributed by atoms with Gasteiger partial charge >= 0.3 is 12.3 Å². The van der Waals surface area contributed by atoms with Crippen molar-refractivity contribution in [3.63, 3.8) is 0 Å². The highest BCUT2D eigenvalue weighted by Gasteiger charge is 2.49. The summed E-state index contributed by atoms with van der Waals surface area (Å²) in [4.78, 5) is 0. The van der Waals surface area contributed by atoms with E-state index in [-0.39, 0.29) is 17.5 Å². The lowest BCUT2D eigenvalue weighted by atomic mass is 9.85. The third-order valence-electron chi connectivity index (χ3n) is 3.74. The zero-order valence-electron chi connectivity index (χ0n) is 12.2. The van der Waals surface area contributed by atoms with E-state index >= 15 is 0 Å². The Labute approximate surface area is 121 Å². The Kier molecular flexibility index (Phi) is 4.19. The lowest BCUT2D eigenvalue weighted by Crippen LogP contribution is -2.42. The number of hydrogen-bond acceptors (Lipinski definition) is 2. The van der Waals surface area contributed by atoms with Crippen LogP contribution in [0.3, 0.4) is 0 Å². The highest BCUT2D eigenvalue weighted by Crippen LogP contribution is 2.42. The van der Waals surface area contributed by atoms with Gasteiger partial charge in [-0.15, -0.1) is 0 Å². The molecule has 1 atom stereocenters. The summed E-state index contributed by atoms with van der Waals surface area (Å²) in [5.74, 6) is -3.51. The molecule has 1 aliphatic heterocycles. The van der Waals surface area contributed by atoms with Crippen LogP contribution < -0.4 is 10.1 Å². The zero-order chi connectivity index (χ0) is 15.8. The molecule has 0 saturated carbocycles. The maximum atomic E-state index is 13.8. The third-order valence-corrected chi connectivity index (χ3v) is 3.74. The Morgan fingerprint density at radius 1 is 1.33 bits per heavy atom. The van der Waals surface area contributed by atoms with Gasteiger partial charge in [-0.05, 0) is 24.2 Å². The second-order valence-corrected chi connectivity index (χ2v) is 5.89. The Bertz CT molecular complexity index is 516. The first-order chi connectivity index (χ1) is 9.70. The molecule has 0 amide bonds. The summed E-state index contributed by atoms with van der Waals surface area (Å²) in [6, 6.07) is 2.82. The van der Waals surface area contributed by atoms with Crippen molar-refractivity contribution in [2.45, 2.75) is 44.6 Å². The molecule has 0 saturated heterocycles. The van der Waals surface area contributed by atoms with Crippen LogP contribution in [0.2, 0.25) is 0 Å². The third kappa shape index (κ3) is 2.86. The van der Waals surface area contributed by atoms with Gasteiger partial charge in [0, 0.05) is 11.0 Å². The lowest BCUT2D eigenvalue weighted by molar-refractivity contribution is -0.151. The molecule has 21 heavy (non-hydrogen) atoms. The first kappa shape index (κ1) is 16.1. The van der Waals surface area contributed by atoms with Crippen LogP contribution in [-0.4, -0.2) is 25.5 Å². The quantitative estimate of drug-likeness (QED) is 0.833. The van der Waals surface area contributed by atoms with Gasteiger partial charge in [-0.1, -0.05) is 26.8 Å². The monoisotopic (exact) mass is 305 g/mol. The van der Waals surface area contributed by atoms with Gasteiger partial charge in [-0.2, -0.15) is 8.78 Å². The van der Waals surface area contributed by atoms with Gasteiger partial charge in [0.25, 0.3) is 0 Å². The molecule has 2 rings (SSSR count). The second-order valence-electron chi connectivity index (χ2n) is 5.89. The number of nitrogens with one attached hydrogen (secondary N) is 1. The van der Waals surface area contributed by atoms with Crippen LogP contribution in [0.15, 0.2) is 18.2 Å². The molecule has 6 heteroatoms. The van der Waals surface area contributed by atoms with E-state index in [2.05, 4.69) is 5.32 Å². The summed E-state index contributed by atoms with van der Waals surface area (Å²) in [5.41, 5.74) is 0.606. The highest BCUT2D eigenvalue weighted by molar-refractivity contribution is 5.46. The number of benzene rings is 1. The number of ether oxygens (including phenoxy) is 1. The summed E-state index contributed by atoms with van der Waals surface area (Å²) >= 11 is 0. The molecule has 0 spiro atoms. The topological polar surface area (TPSA) is 21.3 Å². The van der Waals surface area contributed by atoms with E-state index in [0.29, 0.717) is 12.4 Å². The Hall–Kier alpha value is -1.30. The van der Waals surface area contributed by atoms with Crippen molar-refractivity contribution in [2.75, 3.05) is 13.2 Å². The predicted octanol–water partition coefficient (Wildman–Crippen LogP) is 3.91. The molecule has 118 valence electrons. The maximum Gasteiger partial charge on any atom is 0.326 e. The Balaban J connectivity index is 2.43. The van der Waals surface area contributed by atoms with E-state index in [1.807, 2.05) is 13.8 Å². The fourth-order valence-electron chi connectivity index (χ4n) is 2.52. The fourth-order valence-corrected chi connectivity index (χ4v) is 2.52. The summed E-state index contributed by atoms with van der Waals surface area (Å²) in [7, 11) is 0. The van der Waals surface area contributed by atoms with Crippen molar-refractivity contribution >= 4 is 0 Å². The molecule has 1 unspecified atom stereocenters. The van der Waals surface area contributed by atoms with Crippen LogP contribution in [0, 0.1) is 0 Å². The highest BCUT2D eigenvalue weighted by atomic mass is 19.3. The van der Waals surface area contributed by atoms with E-state index in [1.165, 1.54) is 6.07 Å². The number of fused-ring (bicyclic) bond motifs is 1. The minimum absolute atomic E-state index is 0.152. The maximum absolute atomic E-state index is 13.8. The minimum atomic E-state index is -4.13. The molecule has 0 aromatic heterocycles. The largest absolute Gasteiger partial charge is 0.492 e. The molecule has 0 aliphatic carbocycles. The zero-order valence-corrected chi connectivity index (χ0v) is 12.2. The van der Waals surface area contributed by atoms with Crippen LogP contribution in [0.25, 0.3) is 0 Å². The standard InChI is InChI=1S/C15H19F4NO/c1-4-20-12(15(18,19)13(16)17)9-5-6-11-10(7-9)14(2,3)8-21-11/h5-7,12-13,20H,4,8H2,1-3H3. The smallest absolute Gasteiger partial charge is 0.326 e. The molecule has 0 bridgehead atoms. The van der Waals surface area contributed by atoms with Gasteiger partial charge in [0.15, 0.2) is 0 Å². The van der Waals surface area contributed by atoms with Crippen LogP contribution >= 0.6 is 0 Å². The van der Waals surface area contributed by atoms with Crippen LogP contribution in [0.4, 0.5) is 17.6 Å². The van der Waals surface area contributed by atoms with Gasteiger partial charge in [0.2, 0.25) is 0 Å². The van der Waals surface area contributed by atoms with Crippen molar-refractivity contribution in [2.24, 2.45) is 0 Å². The molecule has 1 heterocycles. The molecule has 1 aromatic rings. The van der Waals surface area contributed by atoms with Crippen LogP contribution in [0.5, 0.6) is 5.75 Å². The minimum Gasteiger partial charge on any atom is -0.492 e. The lowest BCUT2D eigenvalue weighted by Gasteiger charge is -2.28. The summed E-state index contributed by atoms with van der Waals surface area (Å²) < 4.78 is 58.4. The van der Waals surface area contributed by atoms with Gasteiger partial charge < -0.3 is 10.1 Å². The van der Waals surface area contributed by atoms with Gasteiger partial charge in [0.1, 0.15) is 11.8 Å². The fraction of sp³-hybridized carbons (Fsp3) is 0.600. The molecule has 0 fully saturated rings. The molecule has 2 nitrogen and oxygen atoms in total. The van der Waals surface area contributed by atoms with Crippen molar-refractivity contribution in [1.82, 2.24) is 5.32 Å². The number of alkyl halides is 4.